The van der Waals surface area contributed by atoms with Gasteiger partial charge in [0.15, 0.2) is 5.69 Å². The third-order valence-electron chi connectivity index (χ3n) is 7.78. The van der Waals surface area contributed by atoms with Gasteiger partial charge in [-0.1, -0.05) is 11.6 Å². The smallest absolute Gasteiger partial charge is 0.381 e. The Morgan fingerprint density at radius 1 is 1.26 bits per heavy atom. The number of amides is 1. The van der Waals surface area contributed by atoms with E-state index in [1.807, 2.05) is 7.05 Å². The molecule has 2 heterocycles. The monoisotopic (exact) mass is 512 g/mol. The van der Waals surface area contributed by atoms with Crippen molar-refractivity contribution in [2.45, 2.75) is 49.9 Å². The SMILES string of the molecule is COC1C2CC(N(C)CCN(CC=O)C(=O)c3nn4c(C(F)(F)F)cc(C5CC5)cc4c3Cl)CC21. The highest BCUT2D eigenvalue weighted by atomic mass is 35.5. The normalized spacial score (nSPS) is 25.8. The molecule has 2 unspecified atom stereocenters. The van der Waals surface area contributed by atoms with Crippen LogP contribution in [-0.2, 0) is 15.7 Å². The third kappa shape index (κ3) is 4.56. The van der Waals surface area contributed by atoms with Crippen LogP contribution in [0, 0.1) is 11.8 Å². The average molecular weight is 513 g/mol. The van der Waals surface area contributed by atoms with Gasteiger partial charge in [0.25, 0.3) is 5.91 Å². The highest BCUT2D eigenvalue weighted by Crippen LogP contribution is 2.54. The first-order valence-electron chi connectivity index (χ1n) is 11.9. The maximum absolute atomic E-state index is 13.8. The van der Waals surface area contributed by atoms with Crippen molar-refractivity contribution in [3.63, 3.8) is 0 Å². The summed E-state index contributed by atoms with van der Waals surface area (Å²) in [7, 11) is 3.72. The van der Waals surface area contributed by atoms with Crippen molar-refractivity contribution in [1.82, 2.24) is 19.4 Å². The van der Waals surface area contributed by atoms with Crippen LogP contribution in [0.2, 0.25) is 5.02 Å². The first-order valence-corrected chi connectivity index (χ1v) is 12.3. The Bertz CT molecular complexity index is 1140. The fourth-order valence-electron chi connectivity index (χ4n) is 5.57. The molecule has 7 nitrogen and oxygen atoms in total. The zero-order valence-corrected chi connectivity index (χ0v) is 20.3. The molecular weight excluding hydrogens is 485 g/mol. The molecule has 35 heavy (non-hydrogen) atoms. The minimum atomic E-state index is -4.66. The standard InChI is InChI=1S/C24H28ClF3N4O3/c1-30(15-11-16-17(12-15)22(16)35-2)5-6-31(7-8-33)23(34)21-20(25)18-9-14(13-3-4-13)10-19(24(26,27)28)32(18)29-21/h8-10,13,15-17,22H,3-7,11-12H2,1-2H3. The van der Waals surface area contributed by atoms with Crippen LogP contribution in [0.5, 0.6) is 0 Å². The molecule has 5 rings (SSSR count). The van der Waals surface area contributed by atoms with Gasteiger partial charge in [-0.05, 0) is 68.2 Å². The molecule has 0 radical (unpaired) electrons. The summed E-state index contributed by atoms with van der Waals surface area (Å²) in [5.74, 6) is 0.573. The number of fused-ring (bicyclic) bond motifs is 2. The molecule has 0 aliphatic heterocycles. The van der Waals surface area contributed by atoms with Crippen molar-refractivity contribution in [1.29, 1.82) is 0 Å². The van der Waals surface area contributed by atoms with E-state index in [-0.39, 0.29) is 35.2 Å². The summed E-state index contributed by atoms with van der Waals surface area (Å²) in [5, 5.41) is 3.84. The fraction of sp³-hybridized carbons (Fsp3) is 0.625. The molecule has 11 heteroatoms. The molecule has 0 N–H and O–H groups in total. The molecule has 3 aliphatic rings. The lowest BCUT2D eigenvalue weighted by Gasteiger charge is -2.29. The lowest BCUT2D eigenvalue weighted by atomic mass is 10.1. The number of methoxy groups -OCH3 is 1. The molecule has 2 aromatic heterocycles. The maximum atomic E-state index is 13.8. The lowest BCUT2D eigenvalue weighted by Crippen LogP contribution is -2.42. The number of nitrogens with zero attached hydrogens (tertiary/aromatic N) is 4. The summed E-state index contributed by atoms with van der Waals surface area (Å²) in [4.78, 5) is 28.1. The van der Waals surface area contributed by atoms with Crippen molar-refractivity contribution in [2.24, 2.45) is 11.8 Å². The minimum absolute atomic E-state index is 0.0489. The van der Waals surface area contributed by atoms with Crippen LogP contribution in [0.3, 0.4) is 0 Å². The van der Waals surface area contributed by atoms with Crippen molar-refractivity contribution in [2.75, 3.05) is 33.8 Å². The van der Waals surface area contributed by atoms with Crippen LogP contribution in [-0.4, -0.2) is 77.5 Å². The Morgan fingerprint density at radius 3 is 2.51 bits per heavy atom. The largest absolute Gasteiger partial charge is 0.433 e. The lowest BCUT2D eigenvalue weighted by molar-refractivity contribution is -0.142. The number of ether oxygens (including phenoxy) is 1. The number of carbonyl (C=O) groups is 2. The fourth-order valence-corrected chi connectivity index (χ4v) is 5.82. The summed E-state index contributed by atoms with van der Waals surface area (Å²) >= 11 is 6.42. The Kier molecular flexibility index (Phi) is 6.34. The van der Waals surface area contributed by atoms with Gasteiger partial charge < -0.3 is 19.3 Å². The van der Waals surface area contributed by atoms with Gasteiger partial charge in [-0.3, -0.25) is 4.79 Å². The first-order chi connectivity index (χ1) is 16.6. The van der Waals surface area contributed by atoms with Gasteiger partial charge in [0.05, 0.1) is 23.2 Å². The second-order valence-electron chi connectivity index (χ2n) is 9.96. The van der Waals surface area contributed by atoms with E-state index in [1.54, 1.807) is 13.2 Å². The van der Waals surface area contributed by atoms with E-state index in [1.165, 1.54) is 4.90 Å². The van der Waals surface area contributed by atoms with Gasteiger partial charge in [-0.25, -0.2) is 4.52 Å². The van der Waals surface area contributed by atoms with Gasteiger partial charge in [-0.2, -0.15) is 18.3 Å². The predicted octanol–water partition coefficient (Wildman–Crippen LogP) is 3.88. The van der Waals surface area contributed by atoms with Crippen LogP contribution >= 0.6 is 11.6 Å². The highest BCUT2D eigenvalue weighted by Gasteiger charge is 2.57. The van der Waals surface area contributed by atoms with Crippen molar-refractivity contribution in [3.8, 4) is 0 Å². The summed E-state index contributed by atoms with van der Waals surface area (Å²) in [6.45, 7) is 0.557. The van der Waals surface area contributed by atoms with Crippen LogP contribution in [0.1, 0.15) is 53.3 Å². The third-order valence-corrected chi connectivity index (χ3v) is 8.15. The molecule has 0 spiro atoms. The number of halogens is 4. The number of aromatic nitrogens is 2. The summed E-state index contributed by atoms with van der Waals surface area (Å²) in [6.07, 6.45) is -0.00499. The summed E-state index contributed by atoms with van der Waals surface area (Å²) in [5.41, 5.74) is -0.650. The molecule has 0 bridgehead atoms. The highest BCUT2D eigenvalue weighted by molar-refractivity contribution is 6.36. The van der Waals surface area contributed by atoms with Crippen LogP contribution in [0.4, 0.5) is 13.2 Å². The number of aldehydes is 1. The quantitative estimate of drug-likeness (QED) is 0.477. The van der Waals surface area contributed by atoms with E-state index in [0.717, 1.165) is 31.7 Å². The van der Waals surface area contributed by atoms with E-state index in [2.05, 4.69) is 10.00 Å². The molecule has 0 aromatic carbocycles. The molecule has 3 fully saturated rings. The first kappa shape index (κ1) is 24.5. The van der Waals surface area contributed by atoms with E-state index in [4.69, 9.17) is 16.3 Å². The van der Waals surface area contributed by atoms with E-state index < -0.39 is 17.8 Å². The molecule has 2 aromatic rings. The topological polar surface area (TPSA) is 67.2 Å². The predicted molar refractivity (Wildman–Crippen MR) is 123 cm³/mol. The maximum Gasteiger partial charge on any atom is 0.433 e. The molecule has 190 valence electrons. The molecule has 0 saturated heterocycles. The summed E-state index contributed by atoms with van der Waals surface area (Å²) in [6, 6.07) is 3.04. The zero-order chi connectivity index (χ0) is 25.1. The van der Waals surface area contributed by atoms with Crippen LogP contribution in [0.15, 0.2) is 12.1 Å². The van der Waals surface area contributed by atoms with Gasteiger partial charge >= 0.3 is 6.18 Å². The van der Waals surface area contributed by atoms with E-state index in [9.17, 15) is 22.8 Å². The van der Waals surface area contributed by atoms with Gasteiger partial charge in [0.1, 0.15) is 12.0 Å². The zero-order valence-electron chi connectivity index (χ0n) is 19.6. The van der Waals surface area contributed by atoms with E-state index in [0.29, 0.717) is 46.9 Å². The average Bonchev–Trinajstić information content (AvgIpc) is 3.71. The molecule has 2 atom stereocenters. The van der Waals surface area contributed by atoms with Crippen molar-refractivity contribution < 1.29 is 27.5 Å². The van der Waals surface area contributed by atoms with Crippen LogP contribution in [0.25, 0.3) is 5.52 Å². The minimum Gasteiger partial charge on any atom is -0.381 e. The Labute approximate surface area is 206 Å². The van der Waals surface area contributed by atoms with Gasteiger partial charge in [-0.15, -0.1) is 0 Å². The van der Waals surface area contributed by atoms with Crippen molar-refractivity contribution in [3.05, 3.63) is 34.1 Å². The molecule has 3 aliphatic carbocycles. The second kappa shape index (κ2) is 9.05. The van der Waals surface area contributed by atoms with Gasteiger partial charge in [0.2, 0.25) is 0 Å². The number of alkyl halides is 3. The number of rotatable bonds is 9. The summed E-state index contributed by atoms with van der Waals surface area (Å²) < 4.78 is 47.5. The van der Waals surface area contributed by atoms with E-state index >= 15 is 0 Å². The van der Waals surface area contributed by atoms with Gasteiger partial charge in [0, 0.05) is 26.2 Å². The number of hydrogen-bond acceptors (Lipinski definition) is 5. The Morgan fingerprint density at radius 2 is 1.94 bits per heavy atom. The Hall–Kier alpha value is -2.17. The van der Waals surface area contributed by atoms with Crippen molar-refractivity contribution >= 4 is 29.3 Å². The number of carbonyl (C=O) groups excluding carboxylic acids is 2. The number of likely N-dealkylation sites (N-methyl/N-ethyl adjacent to an activating group) is 1. The molecule has 3 saturated carbocycles. The molecular formula is C24H28ClF3N4O3. The number of hydrogen-bond donors (Lipinski definition) is 0. The number of pyridine rings is 1. The second-order valence-corrected chi connectivity index (χ2v) is 10.3. The Balaban J connectivity index is 1.35. The van der Waals surface area contributed by atoms with Crippen LogP contribution < -0.4 is 0 Å². The molecule has 1 amide bonds.